The van der Waals surface area contributed by atoms with Crippen molar-refractivity contribution in [2.24, 2.45) is 0 Å². The predicted molar refractivity (Wildman–Crippen MR) is 71.9 cm³/mol. The van der Waals surface area contributed by atoms with Crippen LogP contribution in [0.1, 0.15) is 29.9 Å². The molecule has 102 valence electrons. The molecule has 0 aromatic carbocycles. The standard InChI is InChI=1S/C13H17N3O3/c1-4-6-7-8-10(17)14-12-11(9(3)15-16-12)13(18)19-5-2/h4,6-8H,5H2,1-3H3,(H2,14,15,16,17)/b6-4+,8-7+. The molecule has 1 rings (SSSR count). The molecule has 19 heavy (non-hydrogen) atoms. The zero-order valence-corrected chi connectivity index (χ0v) is 11.2. The van der Waals surface area contributed by atoms with Crippen LogP contribution < -0.4 is 5.32 Å². The third-order valence-corrected chi connectivity index (χ3v) is 2.22. The number of hydrogen-bond acceptors (Lipinski definition) is 4. The number of hydrogen-bond donors (Lipinski definition) is 2. The number of nitrogens with zero attached hydrogens (tertiary/aromatic N) is 1. The fraction of sp³-hybridized carbons (Fsp3) is 0.308. The first-order valence-electron chi connectivity index (χ1n) is 5.92. The van der Waals surface area contributed by atoms with Crippen LogP contribution in [0.4, 0.5) is 5.82 Å². The largest absolute Gasteiger partial charge is 0.462 e. The summed E-state index contributed by atoms with van der Waals surface area (Å²) in [4.78, 5) is 23.3. The highest BCUT2D eigenvalue weighted by atomic mass is 16.5. The number of amides is 1. The first-order chi connectivity index (χ1) is 9.10. The Hall–Kier alpha value is -2.37. The van der Waals surface area contributed by atoms with Crippen LogP contribution >= 0.6 is 0 Å². The molecule has 0 aliphatic heterocycles. The fourth-order valence-electron chi connectivity index (χ4n) is 1.39. The third kappa shape index (κ3) is 4.09. The van der Waals surface area contributed by atoms with Gasteiger partial charge in [0.1, 0.15) is 5.56 Å². The van der Waals surface area contributed by atoms with Gasteiger partial charge in [0.05, 0.1) is 6.61 Å². The van der Waals surface area contributed by atoms with Crippen LogP contribution in [0.2, 0.25) is 0 Å². The van der Waals surface area contributed by atoms with Crippen molar-refractivity contribution >= 4 is 17.7 Å². The molecule has 1 amide bonds. The van der Waals surface area contributed by atoms with Crippen molar-refractivity contribution in [3.63, 3.8) is 0 Å². The highest BCUT2D eigenvalue weighted by molar-refractivity contribution is 6.04. The van der Waals surface area contributed by atoms with E-state index in [4.69, 9.17) is 4.74 Å². The van der Waals surface area contributed by atoms with Gasteiger partial charge in [-0.2, -0.15) is 5.10 Å². The normalized spacial score (nSPS) is 11.1. The third-order valence-electron chi connectivity index (χ3n) is 2.22. The summed E-state index contributed by atoms with van der Waals surface area (Å²) in [6.07, 6.45) is 6.46. The van der Waals surface area contributed by atoms with Gasteiger partial charge in [-0.3, -0.25) is 9.89 Å². The van der Waals surface area contributed by atoms with E-state index in [1.807, 2.05) is 6.92 Å². The Balaban J connectivity index is 2.84. The quantitative estimate of drug-likeness (QED) is 0.483. The van der Waals surface area contributed by atoms with Crippen molar-refractivity contribution in [1.29, 1.82) is 0 Å². The van der Waals surface area contributed by atoms with Crippen LogP contribution in [0.25, 0.3) is 0 Å². The van der Waals surface area contributed by atoms with Crippen LogP contribution in [0, 0.1) is 6.92 Å². The summed E-state index contributed by atoms with van der Waals surface area (Å²) in [5.74, 6) is -0.706. The molecule has 0 saturated heterocycles. The van der Waals surface area contributed by atoms with Gasteiger partial charge < -0.3 is 10.1 Å². The second-order valence-corrected chi connectivity index (χ2v) is 3.67. The lowest BCUT2D eigenvalue weighted by molar-refractivity contribution is -0.111. The molecule has 0 aliphatic rings. The minimum Gasteiger partial charge on any atom is -0.462 e. The number of aromatic nitrogens is 2. The molecule has 0 atom stereocenters. The summed E-state index contributed by atoms with van der Waals surface area (Å²) in [5, 5.41) is 9.05. The van der Waals surface area contributed by atoms with Crippen molar-refractivity contribution in [2.45, 2.75) is 20.8 Å². The summed E-state index contributed by atoms with van der Waals surface area (Å²) in [6, 6.07) is 0. The number of aromatic amines is 1. The van der Waals surface area contributed by atoms with Gasteiger partial charge in [0.2, 0.25) is 5.91 Å². The van der Waals surface area contributed by atoms with E-state index in [2.05, 4.69) is 15.5 Å². The van der Waals surface area contributed by atoms with E-state index in [1.54, 1.807) is 32.1 Å². The Morgan fingerprint density at radius 3 is 2.79 bits per heavy atom. The number of carbonyl (C=O) groups excluding carboxylic acids is 2. The number of H-pyrrole nitrogens is 1. The van der Waals surface area contributed by atoms with Crippen LogP contribution in [0.5, 0.6) is 0 Å². The number of aryl methyl sites for hydroxylation is 1. The van der Waals surface area contributed by atoms with E-state index < -0.39 is 5.97 Å². The van der Waals surface area contributed by atoms with Gasteiger partial charge in [-0.1, -0.05) is 18.2 Å². The molecule has 0 fully saturated rings. The molecule has 6 heteroatoms. The Kier molecular flexibility index (Phi) is 5.53. The fourth-order valence-corrected chi connectivity index (χ4v) is 1.39. The number of esters is 1. The van der Waals surface area contributed by atoms with Gasteiger partial charge >= 0.3 is 5.97 Å². The van der Waals surface area contributed by atoms with Crippen LogP contribution in [-0.2, 0) is 9.53 Å². The molecule has 6 nitrogen and oxygen atoms in total. The van der Waals surface area contributed by atoms with Gasteiger partial charge in [0.25, 0.3) is 0 Å². The number of allylic oxidation sites excluding steroid dienone is 3. The minimum absolute atomic E-state index is 0.172. The highest BCUT2D eigenvalue weighted by Crippen LogP contribution is 2.17. The molecule has 1 aromatic heterocycles. The summed E-state index contributed by atoms with van der Waals surface area (Å²) in [5.41, 5.74) is 0.792. The molecular formula is C13H17N3O3. The van der Waals surface area contributed by atoms with Gasteiger partial charge in [-0.25, -0.2) is 4.79 Å². The molecule has 0 aliphatic carbocycles. The molecule has 0 spiro atoms. The summed E-state index contributed by atoms with van der Waals surface area (Å²) >= 11 is 0. The molecule has 0 bridgehead atoms. The van der Waals surface area contributed by atoms with Crippen LogP contribution in [-0.4, -0.2) is 28.7 Å². The molecule has 2 N–H and O–H groups in total. The monoisotopic (exact) mass is 263 g/mol. The average molecular weight is 263 g/mol. The maximum Gasteiger partial charge on any atom is 0.343 e. The Morgan fingerprint density at radius 1 is 1.42 bits per heavy atom. The van der Waals surface area contributed by atoms with Crippen molar-refractivity contribution in [3.05, 3.63) is 35.6 Å². The molecular weight excluding hydrogens is 246 g/mol. The number of ether oxygens (including phenoxy) is 1. The van der Waals surface area contributed by atoms with Gasteiger partial charge in [0, 0.05) is 11.8 Å². The topological polar surface area (TPSA) is 84.1 Å². The first-order valence-corrected chi connectivity index (χ1v) is 5.92. The lowest BCUT2D eigenvalue weighted by Gasteiger charge is -2.03. The predicted octanol–water partition coefficient (Wildman–Crippen LogP) is 1.97. The molecule has 0 saturated carbocycles. The highest BCUT2D eigenvalue weighted by Gasteiger charge is 2.20. The maximum atomic E-state index is 11.7. The molecule has 1 aromatic rings. The number of rotatable bonds is 5. The first kappa shape index (κ1) is 14.7. The van der Waals surface area contributed by atoms with Gasteiger partial charge in [0.15, 0.2) is 5.82 Å². The Labute approximate surface area is 111 Å². The van der Waals surface area contributed by atoms with E-state index in [0.29, 0.717) is 5.69 Å². The lowest BCUT2D eigenvalue weighted by Crippen LogP contribution is -2.13. The minimum atomic E-state index is -0.513. The van der Waals surface area contributed by atoms with Crippen molar-refractivity contribution < 1.29 is 14.3 Å². The van der Waals surface area contributed by atoms with Gasteiger partial charge in [-0.05, 0) is 20.8 Å². The number of nitrogens with one attached hydrogen (secondary N) is 2. The maximum absolute atomic E-state index is 11.7. The van der Waals surface area contributed by atoms with E-state index >= 15 is 0 Å². The zero-order valence-electron chi connectivity index (χ0n) is 11.2. The van der Waals surface area contributed by atoms with E-state index in [-0.39, 0.29) is 23.9 Å². The van der Waals surface area contributed by atoms with E-state index in [0.717, 1.165) is 0 Å². The van der Waals surface area contributed by atoms with E-state index in [9.17, 15) is 9.59 Å². The molecule has 0 radical (unpaired) electrons. The summed E-state index contributed by atoms with van der Waals surface area (Å²) < 4.78 is 4.91. The van der Waals surface area contributed by atoms with Crippen LogP contribution in [0.3, 0.4) is 0 Å². The Bertz CT molecular complexity index is 515. The second-order valence-electron chi connectivity index (χ2n) is 3.67. The SMILES string of the molecule is C/C=C/C=C/C(=O)Nc1n[nH]c(C)c1C(=O)OCC. The van der Waals surface area contributed by atoms with E-state index in [1.165, 1.54) is 6.08 Å². The van der Waals surface area contributed by atoms with Crippen molar-refractivity contribution in [3.8, 4) is 0 Å². The number of anilines is 1. The van der Waals surface area contributed by atoms with Gasteiger partial charge in [-0.15, -0.1) is 0 Å². The molecule has 1 heterocycles. The summed E-state index contributed by atoms with van der Waals surface area (Å²) in [6.45, 7) is 5.51. The Morgan fingerprint density at radius 2 is 2.16 bits per heavy atom. The summed E-state index contributed by atoms with van der Waals surface area (Å²) in [7, 11) is 0. The second kappa shape index (κ2) is 7.15. The number of carbonyl (C=O) groups is 2. The average Bonchev–Trinajstić information content (AvgIpc) is 2.71. The smallest absolute Gasteiger partial charge is 0.343 e. The van der Waals surface area contributed by atoms with Crippen molar-refractivity contribution in [2.75, 3.05) is 11.9 Å². The lowest BCUT2D eigenvalue weighted by atomic mass is 10.2. The van der Waals surface area contributed by atoms with Crippen molar-refractivity contribution in [1.82, 2.24) is 10.2 Å². The molecule has 0 unspecified atom stereocenters. The van der Waals surface area contributed by atoms with Crippen LogP contribution in [0.15, 0.2) is 24.3 Å². The zero-order chi connectivity index (χ0) is 14.3.